The summed E-state index contributed by atoms with van der Waals surface area (Å²) in [5, 5.41) is 0. The number of aliphatic imine (C=N–C) groups is 1. The Morgan fingerprint density at radius 1 is 1.33 bits per heavy atom. The molecular formula is C10H10N2. The van der Waals surface area contributed by atoms with Crippen molar-refractivity contribution in [3.05, 3.63) is 42.2 Å². The highest BCUT2D eigenvalue weighted by molar-refractivity contribution is 6.08. The molecule has 0 atom stereocenters. The summed E-state index contributed by atoms with van der Waals surface area (Å²) in [4.78, 5) is 8.43. The Hall–Kier alpha value is -1.44. The van der Waals surface area contributed by atoms with Crippen molar-refractivity contribution in [1.29, 1.82) is 0 Å². The van der Waals surface area contributed by atoms with E-state index in [1.807, 2.05) is 18.3 Å². The third kappa shape index (κ3) is 1.42. The van der Waals surface area contributed by atoms with Gasteiger partial charge in [0.25, 0.3) is 0 Å². The predicted octanol–water partition coefficient (Wildman–Crippen LogP) is 1.83. The molecule has 0 aliphatic carbocycles. The van der Waals surface area contributed by atoms with Crippen LogP contribution in [0, 0.1) is 0 Å². The number of hydrogen-bond acceptors (Lipinski definition) is 2. The van der Waals surface area contributed by atoms with E-state index in [2.05, 4.69) is 22.1 Å². The van der Waals surface area contributed by atoms with Crippen molar-refractivity contribution in [3.63, 3.8) is 0 Å². The minimum atomic E-state index is 0.903. The van der Waals surface area contributed by atoms with E-state index in [1.54, 1.807) is 6.20 Å². The van der Waals surface area contributed by atoms with E-state index >= 15 is 0 Å². The average Bonchev–Trinajstić information content (AvgIpc) is 2.21. The van der Waals surface area contributed by atoms with Crippen LogP contribution in [0.1, 0.15) is 12.0 Å². The molecule has 1 aromatic rings. The maximum Gasteiger partial charge on any atom is 0.0659 e. The summed E-state index contributed by atoms with van der Waals surface area (Å²) in [6.07, 6.45) is 8.88. The van der Waals surface area contributed by atoms with Gasteiger partial charge in [0.15, 0.2) is 0 Å². The van der Waals surface area contributed by atoms with Gasteiger partial charge in [0, 0.05) is 24.5 Å². The Morgan fingerprint density at radius 3 is 3.00 bits per heavy atom. The summed E-state index contributed by atoms with van der Waals surface area (Å²) in [6.45, 7) is 0.903. The maximum absolute atomic E-state index is 4.39. The molecule has 0 unspecified atom stereocenters. The van der Waals surface area contributed by atoms with Crippen LogP contribution in [0.3, 0.4) is 0 Å². The Morgan fingerprint density at radius 2 is 2.33 bits per heavy atom. The van der Waals surface area contributed by atoms with Gasteiger partial charge in [-0.05, 0) is 24.6 Å². The van der Waals surface area contributed by atoms with Crippen molar-refractivity contribution in [2.24, 2.45) is 4.99 Å². The molecule has 60 valence electrons. The molecule has 2 heteroatoms. The van der Waals surface area contributed by atoms with Crippen LogP contribution in [-0.2, 0) is 0 Å². The number of allylic oxidation sites excluding steroid dienone is 1. The summed E-state index contributed by atoms with van der Waals surface area (Å²) in [6, 6.07) is 3.96. The van der Waals surface area contributed by atoms with Crippen LogP contribution in [0.4, 0.5) is 0 Å². The van der Waals surface area contributed by atoms with E-state index < -0.39 is 0 Å². The van der Waals surface area contributed by atoms with Gasteiger partial charge in [-0.2, -0.15) is 0 Å². The lowest BCUT2D eigenvalue weighted by atomic mass is 10.1. The van der Waals surface area contributed by atoms with Crippen molar-refractivity contribution in [2.75, 3.05) is 6.54 Å². The van der Waals surface area contributed by atoms with Crippen molar-refractivity contribution in [1.82, 2.24) is 4.98 Å². The van der Waals surface area contributed by atoms with Crippen LogP contribution in [-0.4, -0.2) is 17.2 Å². The van der Waals surface area contributed by atoms with E-state index in [9.17, 15) is 0 Å². The standard InChI is InChI=1S/C10H10N2/c1-2-7-12-10(5-1)9-4-3-6-11-8-9/h1,3-6,8H,2,7H2. The smallest absolute Gasteiger partial charge is 0.0659 e. The molecule has 0 N–H and O–H groups in total. The molecule has 0 amide bonds. The van der Waals surface area contributed by atoms with E-state index in [4.69, 9.17) is 0 Å². The third-order valence-corrected chi connectivity index (χ3v) is 1.81. The number of aromatic nitrogens is 1. The lowest BCUT2D eigenvalue weighted by Gasteiger charge is -2.04. The van der Waals surface area contributed by atoms with Crippen LogP contribution >= 0.6 is 0 Å². The van der Waals surface area contributed by atoms with Crippen molar-refractivity contribution in [2.45, 2.75) is 6.42 Å². The van der Waals surface area contributed by atoms with Crippen LogP contribution in [0.25, 0.3) is 0 Å². The summed E-state index contributed by atoms with van der Waals surface area (Å²) >= 11 is 0. The fourth-order valence-electron chi connectivity index (χ4n) is 1.21. The molecule has 0 saturated heterocycles. The zero-order valence-corrected chi connectivity index (χ0v) is 6.77. The van der Waals surface area contributed by atoms with Crippen LogP contribution in [0.15, 0.2) is 41.7 Å². The molecule has 0 saturated carbocycles. The molecular weight excluding hydrogens is 148 g/mol. The minimum Gasteiger partial charge on any atom is -0.284 e. The fourth-order valence-corrected chi connectivity index (χ4v) is 1.21. The van der Waals surface area contributed by atoms with Crippen molar-refractivity contribution < 1.29 is 0 Å². The molecule has 1 aromatic heterocycles. The highest BCUT2D eigenvalue weighted by Gasteiger charge is 2.00. The molecule has 2 nitrogen and oxygen atoms in total. The van der Waals surface area contributed by atoms with Gasteiger partial charge in [-0.15, -0.1) is 0 Å². The summed E-state index contributed by atoms with van der Waals surface area (Å²) in [7, 11) is 0. The third-order valence-electron chi connectivity index (χ3n) is 1.81. The molecule has 0 radical (unpaired) electrons. The number of pyridine rings is 1. The molecule has 0 bridgehead atoms. The highest BCUT2D eigenvalue weighted by Crippen LogP contribution is 2.05. The van der Waals surface area contributed by atoms with Crippen LogP contribution in [0.2, 0.25) is 0 Å². The molecule has 0 fully saturated rings. The zero-order chi connectivity index (χ0) is 8.23. The SMILES string of the molecule is C1=CC(c2cccnc2)=NCC1. The first-order valence-corrected chi connectivity index (χ1v) is 4.08. The van der Waals surface area contributed by atoms with Gasteiger partial charge in [0.05, 0.1) is 5.71 Å². The van der Waals surface area contributed by atoms with E-state index in [0.29, 0.717) is 0 Å². The molecule has 12 heavy (non-hydrogen) atoms. The quantitative estimate of drug-likeness (QED) is 0.612. The Balaban J connectivity index is 2.31. The summed E-state index contributed by atoms with van der Waals surface area (Å²) in [5.41, 5.74) is 2.16. The van der Waals surface area contributed by atoms with E-state index in [-0.39, 0.29) is 0 Å². The van der Waals surface area contributed by atoms with Gasteiger partial charge in [-0.1, -0.05) is 6.08 Å². The molecule has 2 heterocycles. The van der Waals surface area contributed by atoms with Crippen molar-refractivity contribution >= 4 is 5.71 Å². The van der Waals surface area contributed by atoms with E-state index in [1.165, 1.54) is 0 Å². The van der Waals surface area contributed by atoms with Crippen LogP contribution < -0.4 is 0 Å². The molecule has 1 aliphatic heterocycles. The Kier molecular flexibility index (Phi) is 1.99. The Labute approximate surface area is 71.7 Å². The Bertz CT molecular complexity index is 312. The summed E-state index contributed by atoms with van der Waals surface area (Å²) < 4.78 is 0. The average molecular weight is 158 g/mol. The largest absolute Gasteiger partial charge is 0.284 e. The van der Waals surface area contributed by atoms with Crippen LogP contribution in [0.5, 0.6) is 0 Å². The van der Waals surface area contributed by atoms with E-state index in [0.717, 1.165) is 24.2 Å². The molecule has 0 aromatic carbocycles. The second-order valence-electron chi connectivity index (χ2n) is 2.70. The van der Waals surface area contributed by atoms with Crippen molar-refractivity contribution in [3.8, 4) is 0 Å². The molecule has 2 rings (SSSR count). The summed E-state index contributed by atoms with van der Waals surface area (Å²) in [5.74, 6) is 0. The van der Waals surface area contributed by atoms with Gasteiger partial charge < -0.3 is 0 Å². The second-order valence-corrected chi connectivity index (χ2v) is 2.70. The number of nitrogens with zero attached hydrogens (tertiary/aromatic N) is 2. The second kappa shape index (κ2) is 3.30. The first-order valence-electron chi connectivity index (χ1n) is 4.08. The number of dihydropyridines is 1. The van der Waals surface area contributed by atoms with Gasteiger partial charge >= 0.3 is 0 Å². The fraction of sp³-hybridized carbons (Fsp3) is 0.200. The topological polar surface area (TPSA) is 25.2 Å². The molecule has 0 spiro atoms. The normalized spacial score (nSPS) is 15.8. The maximum atomic E-state index is 4.39. The highest BCUT2D eigenvalue weighted by atomic mass is 14.7. The first-order chi connectivity index (χ1) is 5.97. The first kappa shape index (κ1) is 7.22. The minimum absolute atomic E-state index is 0.903. The monoisotopic (exact) mass is 158 g/mol. The number of rotatable bonds is 1. The van der Waals surface area contributed by atoms with Gasteiger partial charge in [0.2, 0.25) is 0 Å². The molecule has 1 aliphatic rings. The predicted molar refractivity (Wildman–Crippen MR) is 49.4 cm³/mol. The van der Waals surface area contributed by atoms with Gasteiger partial charge in [-0.3, -0.25) is 9.98 Å². The lowest BCUT2D eigenvalue weighted by molar-refractivity contribution is 0.993. The number of hydrogen-bond donors (Lipinski definition) is 0. The lowest BCUT2D eigenvalue weighted by Crippen LogP contribution is -2.02. The van der Waals surface area contributed by atoms with Gasteiger partial charge in [-0.25, -0.2) is 0 Å². The zero-order valence-electron chi connectivity index (χ0n) is 6.77. The van der Waals surface area contributed by atoms with Gasteiger partial charge in [0.1, 0.15) is 0 Å².